The fraction of sp³-hybridized carbons (Fsp3) is 0.233. The van der Waals surface area contributed by atoms with Crippen molar-refractivity contribution in [2.24, 2.45) is 0 Å². The predicted molar refractivity (Wildman–Crippen MR) is 141 cm³/mol. The molecule has 7 nitrogen and oxygen atoms in total. The smallest absolute Gasteiger partial charge is 0.338 e. The van der Waals surface area contributed by atoms with E-state index in [1.807, 2.05) is 45.0 Å². The van der Waals surface area contributed by atoms with E-state index in [2.05, 4.69) is 6.07 Å². The summed E-state index contributed by atoms with van der Waals surface area (Å²) in [4.78, 5) is 38.1. The van der Waals surface area contributed by atoms with Crippen LogP contribution in [0, 0.1) is 20.8 Å². The highest BCUT2D eigenvalue weighted by Gasteiger charge is 2.15. The summed E-state index contributed by atoms with van der Waals surface area (Å²) in [6.07, 6.45) is 0. The van der Waals surface area contributed by atoms with E-state index in [1.165, 1.54) is 11.6 Å². The number of hydrogen-bond donors (Lipinski definition) is 0. The molecule has 7 heteroatoms. The summed E-state index contributed by atoms with van der Waals surface area (Å²) in [6, 6.07) is 19.7. The van der Waals surface area contributed by atoms with Gasteiger partial charge in [0.25, 0.3) is 5.91 Å². The third-order valence-electron chi connectivity index (χ3n) is 6.18. The van der Waals surface area contributed by atoms with Gasteiger partial charge in [0.05, 0.1) is 5.56 Å². The fourth-order valence-corrected chi connectivity index (χ4v) is 3.99. The Labute approximate surface area is 215 Å². The summed E-state index contributed by atoms with van der Waals surface area (Å²) in [7, 11) is 1.69. The first-order chi connectivity index (χ1) is 17.7. The monoisotopic (exact) mass is 499 g/mol. The minimum atomic E-state index is -0.569. The highest BCUT2D eigenvalue weighted by atomic mass is 16.5. The molecule has 0 fully saturated rings. The molecule has 4 aromatic rings. The van der Waals surface area contributed by atoms with Crippen molar-refractivity contribution in [3.63, 3.8) is 0 Å². The zero-order valence-corrected chi connectivity index (χ0v) is 21.4. The Morgan fingerprint density at radius 3 is 2.38 bits per heavy atom. The van der Waals surface area contributed by atoms with Crippen molar-refractivity contribution in [1.82, 2.24) is 4.90 Å². The largest absolute Gasteiger partial charge is 0.489 e. The summed E-state index contributed by atoms with van der Waals surface area (Å²) >= 11 is 0. The maximum Gasteiger partial charge on any atom is 0.338 e. The lowest BCUT2D eigenvalue weighted by molar-refractivity contribution is -0.133. The predicted octanol–water partition coefficient (Wildman–Crippen LogP) is 5.11. The Morgan fingerprint density at radius 2 is 1.65 bits per heavy atom. The van der Waals surface area contributed by atoms with Gasteiger partial charge >= 0.3 is 11.6 Å². The van der Waals surface area contributed by atoms with Crippen LogP contribution in [-0.4, -0.2) is 30.4 Å². The number of aryl methyl sites for hydroxylation is 3. The van der Waals surface area contributed by atoms with Gasteiger partial charge in [0.15, 0.2) is 6.61 Å². The zero-order chi connectivity index (χ0) is 26.5. The van der Waals surface area contributed by atoms with Crippen LogP contribution >= 0.6 is 0 Å². The third-order valence-corrected chi connectivity index (χ3v) is 6.18. The summed E-state index contributed by atoms with van der Waals surface area (Å²) in [5, 5.41) is 0.852. The molecular weight excluding hydrogens is 470 g/mol. The highest BCUT2D eigenvalue weighted by Crippen LogP contribution is 2.23. The van der Waals surface area contributed by atoms with E-state index < -0.39 is 11.6 Å². The molecule has 1 amide bonds. The molecular formula is C30H29NO6. The van der Waals surface area contributed by atoms with Gasteiger partial charge in [-0.15, -0.1) is 0 Å². The third kappa shape index (κ3) is 6.44. The average Bonchev–Trinajstić information content (AvgIpc) is 2.87. The Bertz CT molecular complexity index is 1500. The average molecular weight is 500 g/mol. The van der Waals surface area contributed by atoms with Crippen LogP contribution in [0.5, 0.6) is 5.75 Å². The Balaban J connectivity index is 1.29. The van der Waals surface area contributed by atoms with Crippen molar-refractivity contribution in [3.8, 4) is 5.75 Å². The molecule has 0 N–H and O–H groups in total. The lowest BCUT2D eigenvalue weighted by atomic mass is 10.1. The van der Waals surface area contributed by atoms with Gasteiger partial charge in [-0.05, 0) is 67.3 Å². The van der Waals surface area contributed by atoms with Crippen molar-refractivity contribution < 1.29 is 23.5 Å². The molecule has 1 heterocycles. The number of hydrogen-bond acceptors (Lipinski definition) is 6. The van der Waals surface area contributed by atoms with Gasteiger partial charge in [0.1, 0.15) is 17.9 Å². The number of rotatable bonds is 8. The van der Waals surface area contributed by atoms with Crippen LogP contribution in [0.1, 0.15) is 38.2 Å². The maximum absolute atomic E-state index is 12.5. The number of likely N-dealkylation sites (N-methyl/N-ethyl adjacent to an activating group) is 1. The van der Waals surface area contributed by atoms with E-state index in [-0.39, 0.29) is 19.1 Å². The maximum atomic E-state index is 12.5. The highest BCUT2D eigenvalue weighted by molar-refractivity contribution is 5.91. The second-order valence-corrected chi connectivity index (χ2v) is 9.15. The molecule has 0 aliphatic heterocycles. The zero-order valence-electron chi connectivity index (χ0n) is 21.4. The quantitative estimate of drug-likeness (QED) is 0.247. The number of amides is 1. The van der Waals surface area contributed by atoms with E-state index in [9.17, 15) is 14.4 Å². The number of ether oxygens (including phenoxy) is 2. The number of nitrogens with zero attached hydrogens (tertiary/aromatic N) is 1. The van der Waals surface area contributed by atoms with Crippen LogP contribution in [0.3, 0.4) is 0 Å². The normalized spacial score (nSPS) is 10.8. The lowest BCUT2D eigenvalue weighted by Gasteiger charge is -2.18. The van der Waals surface area contributed by atoms with Crippen LogP contribution in [0.25, 0.3) is 11.0 Å². The van der Waals surface area contributed by atoms with Gasteiger partial charge in [0, 0.05) is 31.1 Å². The molecule has 0 atom stereocenters. The number of benzene rings is 3. The first kappa shape index (κ1) is 25.7. The van der Waals surface area contributed by atoms with Crippen molar-refractivity contribution >= 4 is 22.8 Å². The summed E-state index contributed by atoms with van der Waals surface area (Å²) in [5.41, 5.74) is 5.42. The summed E-state index contributed by atoms with van der Waals surface area (Å²) in [6.45, 7) is 6.27. The first-order valence-corrected chi connectivity index (χ1v) is 11.9. The SMILES string of the molecule is Cc1ccc(CN(C)C(=O)COC(=O)c2ccc(COc3ccc4c(C)cc(=O)oc4c3)cc2)c(C)c1. The molecule has 3 aromatic carbocycles. The number of carbonyl (C=O) groups excluding carboxylic acids is 2. The molecule has 0 spiro atoms. The molecule has 0 radical (unpaired) electrons. The molecule has 0 saturated carbocycles. The molecule has 1 aromatic heterocycles. The lowest BCUT2D eigenvalue weighted by Crippen LogP contribution is -2.31. The van der Waals surface area contributed by atoms with E-state index in [1.54, 1.807) is 42.3 Å². The molecule has 190 valence electrons. The molecule has 0 unspecified atom stereocenters. The second-order valence-electron chi connectivity index (χ2n) is 9.15. The minimum Gasteiger partial charge on any atom is -0.489 e. The Kier molecular flexibility index (Phi) is 7.72. The van der Waals surface area contributed by atoms with Gasteiger partial charge in [-0.2, -0.15) is 0 Å². The van der Waals surface area contributed by atoms with Crippen LogP contribution in [0.2, 0.25) is 0 Å². The van der Waals surface area contributed by atoms with Crippen LogP contribution in [0.4, 0.5) is 0 Å². The molecule has 4 rings (SSSR count). The van der Waals surface area contributed by atoms with Crippen LogP contribution in [0.15, 0.2) is 75.9 Å². The molecule has 0 bridgehead atoms. The summed E-state index contributed by atoms with van der Waals surface area (Å²) in [5.74, 6) is -0.284. The van der Waals surface area contributed by atoms with E-state index >= 15 is 0 Å². The van der Waals surface area contributed by atoms with Gasteiger partial charge < -0.3 is 18.8 Å². The van der Waals surface area contributed by atoms with Crippen molar-refractivity contribution in [1.29, 1.82) is 0 Å². The van der Waals surface area contributed by atoms with Gasteiger partial charge in [-0.3, -0.25) is 4.79 Å². The van der Waals surface area contributed by atoms with Crippen molar-refractivity contribution in [3.05, 3.63) is 111 Å². The van der Waals surface area contributed by atoms with Gasteiger partial charge in [-0.25, -0.2) is 9.59 Å². The topological polar surface area (TPSA) is 86.0 Å². The van der Waals surface area contributed by atoms with E-state index in [0.717, 1.165) is 27.6 Å². The fourth-order valence-electron chi connectivity index (χ4n) is 3.99. The second kappa shape index (κ2) is 11.1. The van der Waals surface area contributed by atoms with Crippen LogP contribution < -0.4 is 10.4 Å². The number of carbonyl (C=O) groups is 2. The van der Waals surface area contributed by atoms with Gasteiger partial charge in [0.2, 0.25) is 0 Å². The molecule has 0 aliphatic carbocycles. The van der Waals surface area contributed by atoms with Crippen molar-refractivity contribution in [2.45, 2.75) is 33.9 Å². The van der Waals surface area contributed by atoms with Crippen molar-refractivity contribution in [2.75, 3.05) is 13.7 Å². The van der Waals surface area contributed by atoms with E-state index in [4.69, 9.17) is 13.9 Å². The first-order valence-electron chi connectivity index (χ1n) is 11.9. The number of fused-ring (bicyclic) bond motifs is 1. The molecule has 0 saturated heterocycles. The van der Waals surface area contributed by atoms with Crippen LogP contribution in [-0.2, 0) is 22.7 Å². The molecule has 0 aliphatic rings. The molecule has 37 heavy (non-hydrogen) atoms. The summed E-state index contributed by atoms with van der Waals surface area (Å²) < 4.78 is 16.3. The number of esters is 1. The van der Waals surface area contributed by atoms with Gasteiger partial charge in [-0.1, -0.05) is 35.9 Å². The van der Waals surface area contributed by atoms with E-state index in [0.29, 0.717) is 23.4 Å². The standard InChI is InChI=1S/C30H29NO6/c1-19-5-8-24(20(2)13-19)16-31(4)28(32)18-36-30(34)23-9-6-22(7-10-23)17-35-25-11-12-26-21(3)14-29(33)37-27(26)15-25/h5-15H,16-18H2,1-4H3. The minimum absolute atomic E-state index is 0.262. The Morgan fingerprint density at radius 1 is 0.892 bits per heavy atom. The Hall–Kier alpha value is -4.39.